The average Bonchev–Trinajstić information content (AvgIpc) is 2.73. The topological polar surface area (TPSA) is 24.9 Å². The summed E-state index contributed by atoms with van der Waals surface area (Å²) in [6, 6.07) is 3.95. The van der Waals surface area contributed by atoms with E-state index >= 15 is 0 Å². The van der Waals surface area contributed by atoms with Crippen LogP contribution in [0.3, 0.4) is 0 Å². The second-order valence-electron chi connectivity index (χ2n) is 4.68. The third kappa shape index (κ3) is 1.87. The molecule has 1 aliphatic heterocycles. The van der Waals surface area contributed by atoms with Crippen LogP contribution >= 0.6 is 11.6 Å². The fourth-order valence-corrected chi connectivity index (χ4v) is 2.89. The number of hydrogen-bond acceptors (Lipinski definition) is 2. The summed E-state index contributed by atoms with van der Waals surface area (Å²) in [5, 5.41) is 4.04. The van der Waals surface area contributed by atoms with Crippen molar-refractivity contribution in [2.45, 2.75) is 12.8 Å². The molecule has 3 rings (SSSR count). The molecule has 1 aromatic rings. The minimum atomic E-state index is 0.571. The van der Waals surface area contributed by atoms with E-state index in [4.69, 9.17) is 11.6 Å². The highest BCUT2D eigenvalue weighted by Crippen LogP contribution is 2.38. The molecule has 3 heteroatoms. The number of allylic oxidation sites excluding steroid dienone is 2. The third-order valence-corrected chi connectivity index (χ3v) is 3.89. The predicted octanol–water partition coefficient (Wildman–Crippen LogP) is 2.75. The van der Waals surface area contributed by atoms with Gasteiger partial charge in [-0.25, -0.2) is 4.98 Å². The zero-order valence-corrected chi connectivity index (χ0v) is 9.87. The Morgan fingerprint density at radius 2 is 2.31 bits per heavy atom. The first-order valence-corrected chi connectivity index (χ1v) is 6.24. The lowest BCUT2D eigenvalue weighted by molar-refractivity contribution is 0.324. The number of pyridine rings is 1. The van der Waals surface area contributed by atoms with Crippen LogP contribution in [-0.2, 0) is 0 Å². The Kier molecular flexibility index (Phi) is 2.70. The molecule has 1 aromatic heterocycles. The normalized spacial score (nSPS) is 28.7. The van der Waals surface area contributed by atoms with Gasteiger partial charge in [-0.2, -0.15) is 0 Å². The fraction of sp³-hybridized carbons (Fsp3) is 0.462. The lowest BCUT2D eigenvalue weighted by Crippen LogP contribution is -2.33. The Hall–Kier alpha value is -0.860. The van der Waals surface area contributed by atoms with E-state index in [-0.39, 0.29) is 0 Å². The summed E-state index contributed by atoms with van der Waals surface area (Å²) >= 11 is 5.80. The van der Waals surface area contributed by atoms with Crippen LogP contribution in [0.5, 0.6) is 0 Å². The molecule has 0 saturated carbocycles. The van der Waals surface area contributed by atoms with Crippen molar-refractivity contribution in [3.8, 4) is 0 Å². The van der Waals surface area contributed by atoms with Gasteiger partial charge in [0.2, 0.25) is 0 Å². The van der Waals surface area contributed by atoms with Gasteiger partial charge in [0, 0.05) is 6.20 Å². The van der Waals surface area contributed by atoms with Crippen molar-refractivity contribution in [2.75, 3.05) is 13.1 Å². The molecule has 0 amide bonds. The van der Waals surface area contributed by atoms with Crippen LogP contribution in [0.15, 0.2) is 24.4 Å². The largest absolute Gasteiger partial charge is 0.316 e. The molecule has 16 heavy (non-hydrogen) atoms. The number of piperidine rings is 1. The van der Waals surface area contributed by atoms with Gasteiger partial charge >= 0.3 is 0 Å². The van der Waals surface area contributed by atoms with Gasteiger partial charge in [0.25, 0.3) is 0 Å². The maximum atomic E-state index is 5.80. The molecule has 0 bridgehead atoms. The molecule has 2 aliphatic rings. The van der Waals surface area contributed by atoms with E-state index in [9.17, 15) is 0 Å². The molecule has 0 spiro atoms. The second-order valence-corrected chi connectivity index (χ2v) is 5.07. The summed E-state index contributed by atoms with van der Waals surface area (Å²) in [4.78, 5) is 4.15. The molecule has 1 fully saturated rings. The Balaban J connectivity index is 1.83. The predicted molar refractivity (Wildman–Crippen MR) is 66.3 cm³/mol. The highest BCUT2D eigenvalue weighted by Gasteiger charge is 2.29. The van der Waals surface area contributed by atoms with Gasteiger partial charge in [-0.3, -0.25) is 0 Å². The molecule has 0 aromatic carbocycles. The minimum Gasteiger partial charge on any atom is -0.316 e. The number of fused-ring (bicyclic) bond motifs is 1. The smallest absolute Gasteiger partial charge is 0.129 e. The summed E-state index contributed by atoms with van der Waals surface area (Å²) in [7, 11) is 0. The van der Waals surface area contributed by atoms with Crippen molar-refractivity contribution < 1.29 is 0 Å². The van der Waals surface area contributed by atoms with Crippen molar-refractivity contribution in [3.05, 3.63) is 35.1 Å². The molecule has 0 radical (unpaired) electrons. The number of nitrogens with zero attached hydrogens (tertiary/aromatic N) is 1. The van der Waals surface area contributed by atoms with Gasteiger partial charge in [-0.05, 0) is 55.0 Å². The Bertz CT molecular complexity index is 410. The Labute approximate surface area is 101 Å². The second kappa shape index (κ2) is 4.19. The third-order valence-electron chi connectivity index (χ3n) is 3.66. The van der Waals surface area contributed by atoms with Crippen LogP contribution in [0, 0.1) is 11.8 Å². The van der Waals surface area contributed by atoms with Gasteiger partial charge in [0.05, 0.1) is 0 Å². The average molecular weight is 235 g/mol. The van der Waals surface area contributed by atoms with E-state index in [1.165, 1.54) is 24.0 Å². The molecular formula is C13H15ClN2. The van der Waals surface area contributed by atoms with E-state index in [0.29, 0.717) is 5.15 Å². The molecule has 84 valence electrons. The summed E-state index contributed by atoms with van der Waals surface area (Å²) in [6.45, 7) is 2.31. The van der Waals surface area contributed by atoms with Crippen LogP contribution in [0.2, 0.25) is 5.15 Å². The minimum absolute atomic E-state index is 0.571. The van der Waals surface area contributed by atoms with Gasteiger partial charge in [0.15, 0.2) is 0 Å². The van der Waals surface area contributed by atoms with Gasteiger partial charge in [-0.15, -0.1) is 0 Å². The summed E-state index contributed by atoms with van der Waals surface area (Å²) < 4.78 is 0. The zero-order chi connectivity index (χ0) is 11.0. The van der Waals surface area contributed by atoms with Crippen LogP contribution in [0.1, 0.15) is 18.4 Å². The number of aromatic nitrogens is 1. The first-order valence-electron chi connectivity index (χ1n) is 5.86. The molecule has 2 unspecified atom stereocenters. The van der Waals surface area contributed by atoms with Crippen LogP contribution < -0.4 is 5.32 Å². The monoisotopic (exact) mass is 234 g/mol. The fourth-order valence-electron chi connectivity index (χ4n) is 2.77. The zero-order valence-electron chi connectivity index (χ0n) is 9.12. The molecule has 1 aliphatic carbocycles. The molecule has 1 N–H and O–H groups in total. The van der Waals surface area contributed by atoms with Crippen molar-refractivity contribution in [1.82, 2.24) is 10.3 Å². The number of hydrogen-bond donors (Lipinski definition) is 1. The summed E-state index contributed by atoms with van der Waals surface area (Å²) in [5.41, 5.74) is 2.68. The number of nitrogens with one attached hydrogen (secondary N) is 1. The van der Waals surface area contributed by atoms with Crippen LogP contribution in [0.4, 0.5) is 0 Å². The lowest BCUT2D eigenvalue weighted by Gasteiger charge is -2.25. The van der Waals surface area contributed by atoms with E-state index in [0.717, 1.165) is 24.9 Å². The van der Waals surface area contributed by atoms with E-state index < -0.39 is 0 Å². The first kappa shape index (κ1) is 10.3. The summed E-state index contributed by atoms with van der Waals surface area (Å²) in [5.74, 6) is 1.56. The van der Waals surface area contributed by atoms with Crippen LogP contribution in [-0.4, -0.2) is 18.1 Å². The highest BCUT2D eigenvalue weighted by molar-refractivity contribution is 6.29. The Morgan fingerprint density at radius 3 is 3.06 bits per heavy atom. The van der Waals surface area contributed by atoms with E-state index in [1.54, 1.807) is 0 Å². The first-order chi connectivity index (χ1) is 7.83. The lowest BCUT2D eigenvalue weighted by atomic mass is 9.89. The quantitative estimate of drug-likeness (QED) is 0.756. The SMILES string of the molecule is Clc1ccc(C2=CC3CCNCC3C2)cn1. The highest BCUT2D eigenvalue weighted by atomic mass is 35.5. The van der Waals surface area contributed by atoms with Crippen LogP contribution in [0.25, 0.3) is 5.57 Å². The van der Waals surface area contributed by atoms with E-state index in [1.807, 2.05) is 12.3 Å². The summed E-state index contributed by atoms with van der Waals surface area (Å²) in [6.07, 6.45) is 6.78. The molecule has 2 atom stereocenters. The molecule has 1 saturated heterocycles. The molecular weight excluding hydrogens is 220 g/mol. The van der Waals surface area contributed by atoms with Crippen molar-refractivity contribution in [1.29, 1.82) is 0 Å². The number of halogens is 1. The van der Waals surface area contributed by atoms with Gasteiger partial charge in [-0.1, -0.05) is 23.7 Å². The molecule has 2 nitrogen and oxygen atoms in total. The standard InChI is InChI=1S/C13H15ClN2/c14-13-2-1-10(8-16-13)11-5-9-3-4-15-7-12(9)6-11/h1-2,5,8-9,12,15H,3-4,6-7H2. The van der Waals surface area contributed by atoms with Crippen molar-refractivity contribution in [2.24, 2.45) is 11.8 Å². The van der Waals surface area contributed by atoms with Gasteiger partial charge in [0.1, 0.15) is 5.15 Å². The van der Waals surface area contributed by atoms with Gasteiger partial charge < -0.3 is 5.32 Å². The maximum absolute atomic E-state index is 5.80. The maximum Gasteiger partial charge on any atom is 0.129 e. The van der Waals surface area contributed by atoms with Crippen molar-refractivity contribution in [3.63, 3.8) is 0 Å². The number of rotatable bonds is 1. The van der Waals surface area contributed by atoms with E-state index in [2.05, 4.69) is 22.4 Å². The molecule has 2 heterocycles. The van der Waals surface area contributed by atoms with Crippen molar-refractivity contribution >= 4 is 17.2 Å². The Morgan fingerprint density at radius 1 is 1.38 bits per heavy atom.